The quantitative estimate of drug-likeness (QED) is 0.290. The smallest absolute Gasteiger partial charge is 0.163 e. The molecule has 0 bridgehead atoms. The molecule has 0 spiro atoms. The first-order valence-electron chi connectivity index (χ1n) is 7.74. The molecule has 122 valence electrons. The van der Waals surface area contributed by atoms with Crippen molar-refractivity contribution in [1.82, 2.24) is 9.97 Å². The Kier molecular flexibility index (Phi) is 5.11. The van der Waals surface area contributed by atoms with Crippen LogP contribution in [0.15, 0.2) is 53.6 Å². The third-order valence-electron chi connectivity index (χ3n) is 3.53. The maximum Gasteiger partial charge on any atom is 0.163 e. The van der Waals surface area contributed by atoms with Gasteiger partial charge in [-0.1, -0.05) is 30.3 Å². The largest absolute Gasteiger partial charge is 0.492 e. The highest BCUT2D eigenvalue weighted by molar-refractivity contribution is 7.99. The number of ether oxygens (including phenoxy) is 1. The summed E-state index contributed by atoms with van der Waals surface area (Å²) in [6.07, 6.45) is 0. The molecule has 5 heteroatoms. The summed E-state index contributed by atoms with van der Waals surface area (Å²) in [5.41, 5.74) is 1.57. The molecule has 2 aromatic carbocycles. The zero-order valence-corrected chi connectivity index (χ0v) is 14.5. The topological polar surface area (TPSA) is 52.1 Å². The normalized spacial score (nSPS) is 10.8. The number of benzene rings is 2. The SMILES string of the molecule is CC(=O)c1ccccc1OCCSc1nc(C)nc2ccccc12. The molecule has 1 heterocycles. The van der Waals surface area contributed by atoms with Crippen molar-refractivity contribution in [1.29, 1.82) is 0 Å². The summed E-state index contributed by atoms with van der Waals surface area (Å²) in [5, 5.41) is 2.01. The van der Waals surface area contributed by atoms with Gasteiger partial charge in [-0.15, -0.1) is 11.8 Å². The van der Waals surface area contributed by atoms with Crippen LogP contribution in [0.4, 0.5) is 0 Å². The van der Waals surface area contributed by atoms with Gasteiger partial charge in [0, 0.05) is 11.1 Å². The van der Waals surface area contributed by atoms with Gasteiger partial charge in [-0.05, 0) is 32.0 Å². The molecule has 0 N–H and O–H groups in total. The lowest BCUT2D eigenvalue weighted by Gasteiger charge is -2.10. The molecule has 24 heavy (non-hydrogen) atoms. The van der Waals surface area contributed by atoms with Crippen molar-refractivity contribution < 1.29 is 9.53 Å². The third-order valence-corrected chi connectivity index (χ3v) is 4.48. The number of aromatic nitrogens is 2. The molecule has 0 saturated carbocycles. The summed E-state index contributed by atoms with van der Waals surface area (Å²) in [4.78, 5) is 20.6. The minimum absolute atomic E-state index is 0.00988. The fourth-order valence-corrected chi connectivity index (χ4v) is 3.33. The average molecular weight is 338 g/mol. The van der Waals surface area contributed by atoms with E-state index in [9.17, 15) is 4.79 Å². The van der Waals surface area contributed by atoms with Gasteiger partial charge in [0.2, 0.25) is 0 Å². The van der Waals surface area contributed by atoms with E-state index in [1.807, 2.05) is 49.4 Å². The van der Waals surface area contributed by atoms with E-state index in [0.29, 0.717) is 17.9 Å². The molecule has 4 nitrogen and oxygen atoms in total. The second-order valence-corrected chi connectivity index (χ2v) is 6.43. The molecule has 3 rings (SSSR count). The monoisotopic (exact) mass is 338 g/mol. The molecule has 0 atom stereocenters. The van der Waals surface area contributed by atoms with Crippen LogP contribution in [0, 0.1) is 6.92 Å². The van der Waals surface area contributed by atoms with E-state index in [-0.39, 0.29) is 5.78 Å². The second-order valence-electron chi connectivity index (χ2n) is 5.34. The van der Waals surface area contributed by atoms with E-state index < -0.39 is 0 Å². The number of nitrogens with zero attached hydrogens (tertiary/aromatic N) is 2. The number of aryl methyl sites for hydroxylation is 1. The third kappa shape index (κ3) is 3.74. The number of fused-ring (bicyclic) bond motifs is 1. The highest BCUT2D eigenvalue weighted by Gasteiger charge is 2.09. The molecule has 0 fully saturated rings. The number of para-hydroxylation sites is 2. The number of ketones is 1. The molecule has 0 radical (unpaired) electrons. The van der Waals surface area contributed by atoms with Gasteiger partial charge >= 0.3 is 0 Å². The van der Waals surface area contributed by atoms with Gasteiger partial charge in [0.1, 0.15) is 16.6 Å². The van der Waals surface area contributed by atoms with Gasteiger partial charge in [-0.25, -0.2) is 9.97 Å². The Morgan fingerprint density at radius 1 is 1.08 bits per heavy atom. The number of carbonyl (C=O) groups is 1. The number of hydrogen-bond donors (Lipinski definition) is 0. The first-order valence-corrected chi connectivity index (χ1v) is 8.72. The molecule has 3 aromatic rings. The Morgan fingerprint density at radius 2 is 1.83 bits per heavy atom. The molecular weight excluding hydrogens is 320 g/mol. The molecule has 1 aromatic heterocycles. The second kappa shape index (κ2) is 7.45. The van der Waals surface area contributed by atoms with Gasteiger partial charge in [0.25, 0.3) is 0 Å². The van der Waals surface area contributed by atoms with E-state index in [4.69, 9.17) is 4.74 Å². The van der Waals surface area contributed by atoms with Crippen LogP contribution in [0.5, 0.6) is 5.75 Å². The van der Waals surface area contributed by atoms with Gasteiger partial charge in [-0.2, -0.15) is 0 Å². The molecule has 0 saturated heterocycles. The predicted octanol–water partition coefficient (Wildman–Crippen LogP) is 4.31. The van der Waals surface area contributed by atoms with Gasteiger partial charge in [0.15, 0.2) is 5.78 Å². The van der Waals surface area contributed by atoms with Crippen molar-refractivity contribution >= 4 is 28.4 Å². The highest BCUT2D eigenvalue weighted by Crippen LogP contribution is 2.25. The molecule has 0 aliphatic heterocycles. The van der Waals surface area contributed by atoms with Crippen molar-refractivity contribution in [2.75, 3.05) is 12.4 Å². The number of rotatable bonds is 6. The van der Waals surface area contributed by atoms with E-state index in [2.05, 4.69) is 9.97 Å². The zero-order valence-electron chi connectivity index (χ0n) is 13.7. The lowest BCUT2D eigenvalue weighted by molar-refractivity contribution is 0.101. The Labute approximate surface area is 145 Å². The van der Waals surface area contributed by atoms with Crippen LogP contribution in [-0.2, 0) is 0 Å². The number of hydrogen-bond acceptors (Lipinski definition) is 5. The standard InChI is InChI=1S/C19H18N2O2S/c1-13(22)15-7-4-6-10-18(15)23-11-12-24-19-16-8-3-5-9-17(16)20-14(2)21-19/h3-10H,11-12H2,1-2H3. The number of thioether (sulfide) groups is 1. The van der Waals surface area contributed by atoms with Crippen molar-refractivity contribution in [3.63, 3.8) is 0 Å². The fourth-order valence-electron chi connectivity index (χ4n) is 2.44. The predicted molar refractivity (Wildman–Crippen MR) is 96.9 cm³/mol. The van der Waals surface area contributed by atoms with Gasteiger partial charge in [-0.3, -0.25) is 4.79 Å². The van der Waals surface area contributed by atoms with Crippen molar-refractivity contribution in [2.24, 2.45) is 0 Å². The minimum atomic E-state index is 0.00988. The molecule has 0 aliphatic rings. The Morgan fingerprint density at radius 3 is 2.67 bits per heavy atom. The van der Waals surface area contributed by atoms with Crippen LogP contribution in [0.1, 0.15) is 23.1 Å². The van der Waals surface area contributed by atoms with Crippen LogP contribution >= 0.6 is 11.8 Å². The van der Waals surface area contributed by atoms with E-state index in [0.717, 1.165) is 27.5 Å². The minimum Gasteiger partial charge on any atom is -0.492 e. The fraction of sp³-hybridized carbons (Fsp3) is 0.211. The lowest BCUT2D eigenvalue weighted by Crippen LogP contribution is -2.05. The summed E-state index contributed by atoms with van der Waals surface area (Å²) in [6, 6.07) is 15.3. The maximum atomic E-state index is 11.6. The van der Waals surface area contributed by atoms with E-state index in [1.165, 1.54) is 0 Å². The Bertz CT molecular complexity index is 880. The Balaban J connectivity index is 1.67. The summed E-state index contributed by atoms with van der Waals surface area (Å²) in [5.74, 6) is 2.15. The van der Waals surface area contributed by atoms with Crippen molar-refractivity contribution in [3.8, 4) is 5.75 Å². The van der Waals surface area contributed by atoms with Crippen LogP contribution < -0.4 is 4.74 Å². The van der Waals surface area contributed by atoms with Crippen LogP contribution in [-0.4, -0.2) is 28.1 Å². The molecule has 0 aliphatic carbocycles. The average Bonchev–Trinajstić information content (AvgIpc) is 2.58. The summed E-state index contributed by atoms with van der Waals surface area (Å²) >= 11 is 1.64. The molecule has 0 amide bonds. The zero-order chi connectivity index (χ0) is 16.9. The van der Waals surface area contributed by atoms with Crippen LogP contribution in [0.25, 0.3) is 10.9 Å². The highest BCUT2D eigenvalue weighted by atomic mass is 32.2. The summed E-state index contributed by atoms with van der Waals surface area (Å²) in [7, 11) is 0. The van der Waals surface area contributed by atoms with Gasteiger partial charge in [0.05, 0.1) is 17.7 Å². The Hall–Kier alpha value is -2.40. The molecule has 0 unspecified atom stereocenters. The number of carbonyl (C=O) groups excluding carboxylic acids is 1. The van der Waals surface area contributed by atoms with Crippen LogP contribution in [0.2, 0.25) is 0 Å². The first-order chi connectivity index (χ1) is 11.6. The summed E-state index contributed by atoms with van der Waals surface area (Å²) < 4.78 is 5.78. The summed E-state index contributed by atoms with van der Waals surface area (Å²) in [6.45, 7) is 3.95. The van der Waals surface area contributed by atoms with Crippen LogP contribution in [0.3, 0.4) is 0 Å². The first kappa shape index (κ1) is 16.5. The van der Waals surface area contributed by atoms with Gasteiger partial charge < -0.3 is 4.74 Å². The number of Topliss-reactive ketones (excluding diaryl/α,β-unsaturated/α-hetero) is 1. The maximum absolute atomic E-state index is 11.6. The van der Waals surface area contributed by atoms with E-state index >= 15 is 0 Å². The lowest BCUT2D eigenvalue weighted by atomic mass is 10.1. The van der Waals surface area contributed by atoms with Crippen molar-refractivity contribution in [2.45, 2.75) is 18.9 Å². The van der Waals surface area contributed by atoms with Crippen molar-refractivity contribution in [3.05, 3.63) is 59.9 Å². The molecular formula is C19H18N2O2S. The van der Waals surface area contributed by atoms with E-state index in [1.54, 1.807) is 24.8 Å².